The number of aromatic nitrogens is 1. The Hall–Kier alpha value is -2.55. The number of hydrogen-bond acceptors (Lipinski definition) is 3. The molecule has 19 heavy (non-hydrogen) atoms. The van der Waals surface area contributed by atoms with E-state index < -0.39 is 6.36 Å². The van der Waals surface area contributed by atoms with Crippen LogP contribution in [0.5, 0.6) is 5.75 Å². The number of pyridine rings is 1. The lowest BCUT2D eigenvalue weighted by molar-refractivity contribution is -0.274. The average Bonchev–Trinajstić information content (AvgIpc) is 2.38. The van der Waals surface area contributed by atoms with E-state index in [-0.39, 0.29) is 11.3 Å². The highest BCUT2D eigenvalue weighted by Crippen LogP contribution is 2.30. The average molecular weight is 264 g/mol. The minimum Gasteiger partial charge on any atom is -0.406 e. The van der Waals surface area contributed by atoms with Crippen molar-refractivity contribution in [1.82, 2.24) is 4.98 Å². The lowest BCUT2D eigenvalue weighted by Crippen LogP contribution is -2.17. The van der Waals surface area contributed by atoms with Gasteiger partial charge in [-0.15, -0.1) is 13.2 Å². The highest BCUT2D eigenvalue weighted by Gasteiger charge is 2.31. The molecule has 0 N–H and O–H groups in total. The fourth-order valence-corrected chi connectivity index (χ4v) is 1.59. The molecule has 2 aromatic rings. The van der Waals surface area contributed by atoms with E-state index in [0.29, 0.717) is 11.1 Å². The van der Waals surface area contributed by atoms with Crippen LogP contribution in [-0.2, 0) is 0 Å². The Bertz CT molecular complexity index is 618. The molecule has 1 aromatic carbocycles. The monoisotopic (exact) mass is 264 g/mol. The smallest absolute Gasteiger partial charge is 0.406 e. The molecule has 0 fully saturated rings. The van der Waals surface area contributed by atoms with Gasteiger partial charge in [0.2, 0.25) is 0 Å². The number of nitrogens with zero attached hydrogens (tertiary/aromatic N) is 2. The summed E-state index contributed by atoms with van der Waals surface area (Å²) in [5, 5.41) is 8.97. The van der Waals surface area contributed by atoms with Crippen LogP contribution in [0, 0.1) is 11.3 Å². The van der Waals surface area contributed by atoms with E-state index in [0.717, 1.165) is 6.07 Å². The molecule has 0 unspecified atom stereocenters. The second-order valence-electron chi connectivity index (χ2n) is 3.60. The van der Waals surface area contributed by atoms with Crippen molar-refractivity contribution < 1.29 is 17.9 Å². The zero-order valence-corrected chi connectivity index (χ0v) is 9.48. The molecule has 0 atom stereocenters. The normalized spacial score (nSPS) is 10.8. The standard InChI is InChI=1S/C13H7F3N2O/c14-13(15,16)19-11-2-1-10(8-17)12(7-11)9-3-5-18-6-4-9/h1-7H. The van der Waals surface area contributed by atoms with Crippen LogP contribution in [0.15, 0.2) is 42.7 Å². The van der Waals surface area contributed by atoms with E-state index in [1.54, 1.807) is 12.1 Å². The quantitative estimate of drug-likeness (QED) is 0.833. The van der Waals surface area contributed by atoms with Gasteiger partial charge in [0, 0.05) is 18.0 Å². The summed E-state index contributed by atoms with van der Waals surface area (Å²) in [5.74, 6) is -0.363. The van der Waals surface area contributed by atoms with Crippen LogP contribution in [-0.4, -0.2) is 11.3 Å². The Morgan fingerprint density at radius 2 is 1.79 bits per heavy atom. The number of halogens is 3. The van der Waals surface area contributed by atoms with Crippen LogP contribution in [0.3, 0.4) is 0 Å². The summed E-state index contributed by atoms with van der Waals surface area (Å²) < 4.78 is 40.3. The zero-order valence-electron chi connectivity index (χ0n) is 9.48. The highest BCUT2D eigenvalue weighted by molar-refractivity contribution is 5.71. The summed E-state index contributed by atoms with van der Waals surface area (Å²) in [7, 11) is 0. The maximum atomic E-state index is 12.2. The summed E-state index contributed by atoms with van der Waals surface area (Å²) in [6.07, 6.45) is -1.77. The lowest BCUT2D eigenvalue weighted by atomic mass is 10.0. The number of hydrogen-bond donors (Lipinski definition) is 0. The minimum absolute atomic E-state index is 0.265. The lowest BCUT2D eigenvalue weighted by Gasteiger charge is -2.11. The Morgan fingerprint density at radius 1 is 1.11 bits per heavy atom. The second-order valence-corrected chi connectivity index (χ2v) is 3.60. The molecular weight excluding hydrogens is 257 g/mol. The molecule has 0 aliphatic rings. The predicted molar refractivity (Wildman–Crippen MR) is 61.1 cm³/mol. The number of alkyl halides is 3. The third-order valence-corrected chi connectivity index (χ3v) is 2.34. The van der Waals surface area contributed by atoms with Crippen LogP contribution < -0.4 is 4.74 Å². The molecule has 0 spiro atoms. The van der Waals surface area contributed by atoms with Crippen molar-refractivity contribution in [2.24, 2.45) is 0 Å². The predicted octanol–water partition coefficient (Wildman–Crippen LogP) is 3.52. The van der Waals surface area contributed by atoms with Crippen molar-refractivity contribution in [3.63, 3.8) is 0 Å². The molecule has 6 heteroatoms. The van der Waals surface area contributed by atoms with Gasteiger partial charge in [-0.1, -0.05) is 0 Å². The minimum atomic E-state index is -4.76. The first-order valence-electron chi connectivity index (χ1n) is 5.20. The fraction of sp³-hybridized carbons (Fsp3) is 0.0769. The van der Waals surface area contributed by atoms with Gasteiger partial charge < -0.3 is 4.74 Å². The first-order chi connectivity index (χ1) is 8.99. The maximum Gasteiger partial charge on any atom is 0.573 e. The van der Waals surface area contributed by atoms with Crippen LogP contribution in [0.1, 0.15) is 5.56 Å². The van der Waals surface area contributed by atoms with Crippen molar-refractivity contribution in [3.05, 3.63) is 48.3 Å². The number of rotatable bonds is 2. The van der Waals surface area contributed by atoms with Crippen LogP contribution in [0.2, 0.25) is 0 Å². The molecule has 0 amide bonds. The van der Waals surface area contributed by atoms with Crippen molar-refractivity contribution >= 4 is 0 Å². The van der Waals surface area contributed by atoms with Gasteiger partial charge >= 0.3 is 6.36 Å². The van der Waals surface area contributed by atoms with Crippen molar-refractivity contribution in [2.75, 3.05) is 0 Å². The van der Waals surface area contributed by atoms with Crippen LogP contribution >= 0.6 is 0 Å². The molecule has 96 valence electrons. The van der Waals surface area contributed by atoms with Gasteiger partial charge in [-0.05, 0) is 35.9 Å². The second kappa shape index (κ2) is 4.98. The molecular formula is C13H7F3N2O. The Morgan fingerprint density at radius 3 is 2.37 bits per heavy atom. The van der Waals surface area contributed by atoms with Gasteiger partial charge in [-0.2, -0.15) is 5.26 Å². The van der Waals surface area contributed by atoms with E-state index in [4.69, 9.17) is 5.26 Å². The first kappa shape index (κ1) is 12.9. The topological polar surface area (TPSA) is 45.9 Å². The number of nitriles is 1. The van der Waals surface area contributed by atoms with E-state index in [1.165, 1.54) is 24.5 Å². The third-order valence-electron chi connectivity index (χ3n) is 2.34. The molecule has 0 saturated carbocycles. The summed E-state index contributed by atoms with van der Waals surface area (Å²) >= 11 is 0. The maximum absolute atomic E-state index is 12.2. The summed E-state index contributed by atoms with van der Waals surface area (Å²) in [6.45, 7) is 0. The van der Waals surface area contributed by atoms with Crippen LogP contribution in [0.4, 0.5) is 13.2 Å². The van der Waals surface area contributed by atoms with E-state index in [9.17, 15) is 13.2 Å². The highest BCUT2D eigenvalue weighted by atomic mass is 19.4. The largest absolute Gasteiger partial charge is 0.573 e. The molecule has 1 aromatic heterocycles. The number of ether oxygens (including phenoxy) is 1. The van der Waals surface area contributed by atoms with Crippen molar-refractivity contribution in [1.29, 1.82) is 5.26 Å². The fourth-order valence-electron chi connectivity index (χ4n) is 1.59. The Labute approximate surface area is 106 Å². The van der Waals surface area contributed by atoms with Crippen LogP contribution in [0.25, 0.3) is 11.1 Å². The van der Waals surface area contributed by atoms with Crippen molar-refractivity contribution in [3.8, 4) is 22.9 Å². The van der Waals surface area contributed by atoms with Gasteiger partial charge in [0.05, 0.1) is 11.6 Å². The van der Waals surface area contributed by atoms with E-state index in [1.807, 2.05) is 6.07 Å². The summed E-state index contributed by atoms with van der Waals surface area (Å²) in [4.78, 5) is 3.81. The van der Waals surface area contributed by atoms with Crippen molar-refractivity contribution in [2.45, 2.75) is 6.36 Å². The molecule has 1 heterocycles. The van der Waals surface area contributed by atoms with Gasteiger partial charge in [0.15, 0.2) is 0 Å². The van der Waals surface area contributed by atoms with Gasteiger partial charge in [-0.3, -0.25) is 4.98 Å². The summed E-state index contributed by atoms with van der Waals surface area (Å²) in [6, 6.07) is 8.71. The molecule has 0 saturated heterocycles. The van der Waals surface area contributed by atoms with E-state index >= 15 is 0 Å². The Kier molecular flexibility index (Phi) is 3.38. The first-order valence-corrected chi connectivity index (χ1v) is 5.20. The number of benzene rings is 1. The zero-order chi connectivity index (χ0) is 13.9. The summed E-state index contributed by atoms with van der Waals surface area (Å²) in [5.41, 5.74) is 1.23. The van der Waals surface area contributed by atoms with E-state index in [2.05, 4.69) is 9.72 Å². The molecule has 0 bridgehead atoms. The SMILES string of the molecule is N#Cc1ccc(OC(F)(F)F)cc1-c1ccncc1. The van der Waals surface area contributed by atoms with Gasteiger partial charge in [0.25, 0.3) is 0 Å². The third kappa shape index (κ3) is 3.22. The molecule has 2 rings (SSSR count). The molecule has 3 nitrogen and oxygen atoms in total. The molecule has 0 radical (unpaired) electrons. The Balaban J connectivity index is 2.47. The molecule has 0 aliphatic carbocycles. The molecule has 0 aliphatic heterocycles. The van der Waals surface area contributed by atoms with Gasteiger partial charge in [-0.25, -0.2) is 0 Å². The van der Waals surface area contributed by atoms with Gasteiger partial charge in [0.1, 0.15) is 5.75 Å².